The summed E-state index contributed by atoms with van der Waals surface area (Å²) in [6.07, 6.45) is 6.15. The van der Waals surface area contributed by atoms with E-state index in [1.807, 2.05) is 12.2 Å². The van der Waals surface area contributed by atoms with Crippen molar-refractivity contribution in [3.05, 3.63) is 12.2 Å². The number of hydrogen-bond acceptors (Lipinski definition) is 3. The van der Waals surface area contributed by atoms with Crippen LogP contribution in [0.3, 0.4) is 0 Å². The van der Waals surface area contributed by atoms with Crippen LogP contribution in [-0.2, 0) is 14.3 Å². The van der Waals surface area contributed by atoms with Gasteiger partial charge >= 0.3 is 11.9 Å². The Balaban J connectivity index is 1.94. The van der Waals surface area contributed by atoms with Gasteiger partial charge in [-0.15, -0.1) is 0 Å². The standard InChI is InChI=1S/C13H16O4/c1-2-17-12(16)10-8-4-3-7(9(10)11(14)15)13(8)5-6-13/h3-4,7-10H,2,5-6H2,1H3,(H,14,15)/t7-,8+,9-,10-/m1/s1. The van der Waals surface area contributed by atoms with E-state index in [9.17, 15) is 14.7 Å². The second-order valence-electron chi connectivity index (χ2n) is 5.31. The van der Waals surface area contributed by atoms with Gasteiger partial charge in [0.25, 0.3) is 0 Å². The molecule has 0 amide bonds. The van der Waals surface area contributed by atoms with Gasteiger partial charge in [0.15, 0.2) is 0 Å². The molecule has 2 saturated carbocycles. The molecule has 0 aromatic heterocycles. The zero-order valence-electron chi connectivity index (χ0n) is 9.76. The maximum absolute atomic E-state index is 11.9. The van der Waals surface area contributed by atoms with Crippen LogP contribution < -0.4 is 0 Å². The van der Waals surface area contributed by atoms with Gasteiger partial charge in [0.05, 0.1) is 18.4 Å². The normalized spacial score (nSPS) is 39.6. The largest absolute Gasteiger partial charge is 0.481 e. The van der Waals surface area contributed by atoms with Crippen molar-refractivity contribution >= 4 is 11.9 Å². The van der Waals surface area contributed by atoms with E-state index in [2.05, 4.69) is 0 Å². The van der Waals surface area contributed by atoms with Crippen LogP contribution in [-0.4, -0.2) is 23.7 Å². The van der Waals surface area contributed by atoms with Gasteiger partial charge in [0.2, 0.25) is 0 Å². The SMILES string of the molecule is CCOC(=O)[C@H]1[C@H](C(=O)O)[C@H]2C=C[C@@H]1C21CC1. The molecule has 3 rings (SSSR count). The topological polar surface area (TPSA) is 63.6 Å². The molecule has 17 heavy (non-hydrogen) atoms. The number of carbonyl (C=O) groups is 2. The second-order valence-corrected chi connectivity index (χ2v) is 5.31. The Morgan fingerprint density at radius 2 is 1.88 bits per heavy atom. The van der Waals surface area contributed by atoms with E-state index >= 15 is 0 Å². The van der Waals surface area contributed by atoms with Crippen LogP contribution in [0.25, 0.3) is 0 Å². The first-order valence-corrected chi connectivity index (χ1v) is 6.19. The minimum Gasteiger partial charge on any atom is -0.481 e. The number of carboxylic acid groups (broad SMARTS) is 1. The molecule has 92 valence electrons. The molecular weight excluding hydrogens is 220 g/mol. The molecular formula is C13H16O4. The first-order valence-electron chi connectivity index (χ1n) is 6.19. The lowest BCUT2D eigenvalue weighted by Gasteiger charge is -2.22. The predicted molar refractivity (Wildman–Crippen MR) is 59.0 cm³/mol. The van der Waals surface area contributed by atoms with Crippen LogP contribution in [0.1, 0.15) is 19.8 Å². The fourth-order valence-corrected chi connectivity index (χ4v) is 3.90. The Morgan fingerprint density at radius 3 is 2.35 bits per heavy atom. The number of carbonyl (C=O) groups excluding carboxylic acids is 1. The maximum atomic E-state index is 11.9. The van der Waals surface area contributed by atoms with Crippen molar-refractivity contribution in [2.24, 2.45) is 29.1 Å². The van der Waals surface area contributed by atoms with Crippen LogP contribution in [0.4, 0.5) is 0 Å². The van der Waals surface area contributed by atoms with Gasteiger partial charge in [-0.2, -0.15) is 0 Å². The average molecular weight is 236 g/mol. The van der Waals surface area contributed by atoms with Gasteiger partial charge in [-0.3, -0.25) is 9.59 Å². The highest BCUT2D eigenvalue weighted by Crippen LogP contribution is 2.72. The summed E-state index contributed by atoms with van der Waals surface area (Å²) in [6, 6.07) is 0. The van der Waals surface area contributed by atoms with E-state index < -0.39 is 17.8 Å². The van der Waals surface area contributed by atoms with Crippen molar-refractivity contribution in [2.75, 3.05) is 6.61 Å². The van der Waals surface area contributed by atoms with E-state index in [1.165, 1.54) is 0 Å². The number of aliphatic carboxylic acids is 1. The lowest BCUT2D eigenvalue weighted by atomic mass is 9.83. The third-order valence-electron chi connectivity index (χ3n) is 4.69. The van der Waals surface area contributed by atoms with E-state index in [0.717, 1.165) is 12.8 Å². The number of ether oxygens (including phenoxy) is 1. The molecule has 1 N–H and O–H groups in total. The van der Waals surface area contributed by atoms with Gasteiger partial charge in [-0.25, -0.2) is 0 Å². The third-order valence-corrected chi connectivity index (χ3v) is 4.69. The monoisotopic (exact) mass is 236 g/mol. The molecule has 0 saturated heterocycles. The molecule has 0 unspecified atom stereocenters. The first-order chi connectivity index (χ1) is 8.12. The fourth-order valence-electron chi connectivity index (χ4n) is 3.90. The summed E-state index contributed by atoms with van der Waals surface area (Å²) in [5, 5.41) is 9.34. The molecule has 0 heterocycles. The number of esters is 1. The van der Waals surface area contributed by atoms with Gasteiger partial charge in [-0.05, 0) is 37.0 Å². The first kappa shape index (κ1) is 10.8. The summed E-state index contributed by atoms with van der Waals surface area (Å²) in [6.45, 7) is 2.07. The zero-order chi connectivity index (χ0) is 12.2. The van der Waals surface area contributed by atoms with E-state index in [0.29, 0.717) is 6.61 Å². The Morgan fingerprint density at radius 1 is 1.29 bits per heavy atom. The van der Waals surface area contributed by atoms with Gasteiger partial charge in [0, 0.05) is 0 Å². The molecule has 4 atom stereocenters. The molecule has 2 fully saturated rings. The highest BCUT2D eigenvalue weighted by atomic mass is 16.5. The summed E-state index contributed by atoms with van der Waals surface area (Å²) in [5.41, 5.74) is 0.0838. The van der Waals surface area contributed by atoms with Crippen LogP contribution in [0.15, 0.2) is 12.2 Å². The summed E-state index contributed by atoms with van der Waals surface area (Å²) in [4.78, 5) is 23.3. The molecule has 4 nitrogen and oxygen atoms in total. The van der Waals surface area contributed by atoms with Gasteiger partial charge in [0.1, 0.15) is 0 Å². The number of allylic oxidation sites excluding steroid dienone is 2. The number of carboxylic acids is 1. The van der Waals surface area contributed by atoms with Crippen molar-refractivity contribution in [1.29, 1.82) is 0 Å². The van der Waals surface area contributed by atoms with E-state index in [4.69, 9.17) is 4.74 Å². The smallest absolute Gasteiger partial charge is 0.310 e. The van der Waals surface area contributed by atoms with Crippen molar-refractivity contribution in [3.63, 3.8) is 0 Å². The zero-order valence-corrected chi connectivity index (χ0v) is 9.76. The lowest BCUT2D eigenvalue weighted by molar-refractivity contribution is -0.158. The summed E-state index contributed by atoms with van der Waals surface area (Å²) < 4.78 is 5.04. The van der Waals surface area contributed by atoms with Crippen LogP contribution in [0.2, 0.25) is 0 Å². The molecule has 4 heteroatoms. The van der Waals surface area contributed by atoms with Crippen LogP contribution in [0.5, 0.6) is 0 Å². The van der Waals surface area contributed by atoms with Gasteiger partial charge < -0.3 is 9.84 Å². The summed E-state index contributed by atoms with van der Waals surface area (Å²) >= 11 is 0. The molecule has 0 radical (unpaired) electrons. The van der Waals surface area contributed by atoms with Crippen molar-refractivity contribution < 1.29 is 19.4 Å². The average Bonchev–Trinajstić information content (AvgIpc) is 2.94. The molecule has 3 aliphatic rings. The van der Waals surface area contributed by atoms with Crippen molar-refractivity contribution in [3.8, 4) is 0 Å². The molecule has 0 aromatic rings. The minimum absolute atomic E-state index is 0.0411. The predicted octanol–water partition coefficient (Wildman–Crippen LogP) is 1.46. The van der Waals surface area contributed by atoms with E-state index in [1.54, 1.807) is 6.92 Å². The van der Waals surface area contributed by atoms with Gasteiger partial charge in [-0.1, -0.05) is 12.2 Å². The van der Waals surface area contributed by atoms with Crippen LogP contribution >= 0.6 is 0 Å². The molecule has 0 aromatic carbocycles. The molecule has 2 bridgehead atoms. The van der Waals surface area contributed by atoms with Crippen LogP contribution in [0, 0.1) is 29.1 Å². The highest BCUT2D eigenvalue weighted by Gasteiger charge is 2.70. The Bertz CT molecular complexity index is 408. The summed E-state index contributed by atoms with van der Waals surface area (Å²) in [7, 11) is 0. The van der Waals surface area contributed by atoms with Crippen molar-refractivity contribution in [2.45, 2.75) is 19.8 Å². The quantitative estimate of drug-likeness (QED) is 0.595. The summed E-state index contributed by atoms with van der Waals surface area (Å²) in [5.74, 6) is -2.10. The number of rotatable bonds is 3. The highest BCUT2D eigenvalue weighted by molar-refractivity contribution is 5.84. The maximum Gasteiger partial charge on any atom is 0.310 e. The molecule has 0 aliphatic heterocycles. The van der Waals surface area contributed by atoms with Crippen molar-refractivity contribution in [1.82, 2.24) is 0 Å². The fraction of sp³-hybridized carbons (Fsp3) is 0.692. The second kappa shape index (κ2) is 3.34. The molecule has 1 spiro atoms. The minimum atomic E-state index is -0.855. The Kier molecular flexibility index (Phi) is 2.12. The third kappa shape index (κ3) is 1.24. The van der Waals surface area contributed by atoms with E-state index in [-0.39, 0.29) is 23.2 Å². The Labute approximate surface area is 99.6 Å². The Hall–Kier alpha value is -1.32. The lowest BCUT2D eigenvalue weighted by Crippen LogP contribution is -2.34. The molecule has 3 aliphatic carbocycles. The number of hydrogen-bond donors (Lipinski definition) is 1.